The lowest BCUT2D eigenvalue weighted by Crippen LogP contribution is -2.49. The first-order chi connectivity index (χ1) is 9.49. The molecule has 0 aromatic carbocycles. The van der Waals surface area contributed by atoms with E-state index in [2.05, 4.69) is 24.1 Å². The second-order valence-corrected chi connectivity index (χ2v) is 8.39. The standard InChI is InChI=1S/C14H29N3O2S/c1-13(2)15-7-3-4-12-20(18,19)17-10-8-16(9-11-17)14-5-6-14/h13-15H,3-12H2,1-2H3. The molecule has 5 nitrogen and oxygen atoms in total. The van der Waals surface area contributed by atoms with Gasteiger partial charge in [0.05, 0.1) is 5.75 Å². The summed E-state index contributed by atoms with van der Waals surface area (Å²) in [7, 11) is -3.03. The Kier molecular flexibility index (Phi) is 5.84. The first-order valence-corrected chi connectivity index (χ1v) is 9.55. The molecule has 0 bridgehead atoms. The van der Waals surface area contributed by atoms with Crippen LogP contribution < -0.4 is 5.32 Å². The van der Waals surface area contributed by atoms with E-state index in [1.807, 2.05) is 0 Å². The molecule has 1 aliphatic heterocycles. The summed E-state index contributed by atoms with van der Waals surface area (Å²) in [6, 6.07) is 1.23. The van der Waals surface area contributed by atoms with E-state index in [0.29, 0.717) is 24.9 Å². The van der Waals surface area contributed by atoms with Crippen LogP contribution in [0.5, 0.6) is 0 Å². The van der Waals surface area contributed by atoms with Gasteiger partial charge in [0, 0.05) is 38.3 Å². The first-order valence-electron chi connectivity index (χ1n) is 7.94. The highest BCUT2D eigenvalue weighted by molar-refractivity contribution is 7.89. The molecule has 2 fully saturated rings. The molecule has 20 heavy (non-hydrogen) atoms. The van der Waals surface area contributed by atoms with E-state index in [9.17, 15) is 8.42 Å². The summed E-state index contributed by atoms with van der Waals surface area (Å²) in [4.78, 5) is 2.44. The van der Waals surface area contributed by atoms with E-state index in [1.165, 1.54) is 12.8 Å². The van der Waals surface area contributed by atoms with Gasteiger partial charge in [0.2, 0.25) is 10.0 Å². The summed E-state index contributed by atoms with van der Waals surface area (Å²) in [5, 5.41) is 3.32. The summed E-state index contributed by atoms with van der Waals surface area (Å²) in [6.45, 7) is 8.32. The molecule has 1 saturated carbocycles. The third-order valence-electron chi connectivity index (χ3n) is 4.11. The highest BCUT2D eigenvalue weighted by Crippen LogP contribution is 2.27. The SMILES string of the molecule is CC(C)NCCCCS(=O)(=O)N1CCN(C2CC2)CC1. The molecule has 2 aliphatic rings. The van der Waals surface area contributed by atoms with Crippen LogP contribution in [0.25, 0.3) is 0 Å². The Morgan fingerprint density at radius 1 is 1.10 bits per heavy atom. The van der Waals surface area contributed by atoms with Gasteiger partial charge >= 0.3 is 0 Å². The van der Waals surface area contributed by atoms with Gasteiger partial charge in [-0.05, 0) is 32.2 Å². The predicted octanol–water partition coefficient (Wildman–Crippen LogP) is 0.874. The number of hydrogen-bond acceptors (Lipinski definition) is 4. The summed E-state index contributed by atoms with van der Waals surface area (Å²) in [5.74, 6) is 0.302. The van der Waals surface area contributed by atoms with Crippen LogP contribution in [0.15, 0.2) is 0 Å². The fourth-order valence-corrected chi connectivity index (χ4v) is 4.26. The molecule has 0 radical (unpaired) electrons. The molecule has 1 N–H and O–H groups in total. The Morgan fingerprint density at radius 3 is 2.30 bits per heavy atom. The zero-order valence-corrected chi connectivity index (χ0v) is 13.7. The number of unbranched alkanes of at least 4 members (excludes halogenated alkanes) is 1. The molecular formula is C14H29N3O2S. The third kappa shape index (κ3) is 4.98. The zero-order chi connectivity index (χ0) is 14.6. The molecule has 1 aliphatic carbocycles. The van der Waals surface area contributed by atoms with Crippen molar-refractivity contribution in [1.29, 1.82) is 0 Å². The van der Waals surface area contributed by atoms with Crippen molar-refractivity contribution in [2.24, 2.45) is 0 Å². The minimum Gasteiger partial charge on any atom is -0.315 e. The van der Waals surface area contributed by atoms with E-state index in [4.69, 9.17) is 0 Å². The lowest BCUT2D eigenvalue weighted by Gasteiger charge is -2.34. The number of rotatable bonds is 8. The van der Waals surface area contributed by atoms with Crippen LogP contribution in [-0.4, -0.2) is 68.2 Å². The molecule has 0 atom stereocenters. The fraction of sp³-hybridized carbons (Fsp3) is 1.00. The summed E-state index contributed by atoms with van der Waals surface area (Å²) in [6.07, 6.45) is 4.29. The molecule has 118 valence electrons. The van der Waals surface area contributed by atoms with Crippen LogP contribution in [-0.2, 0) is 10.0 Å². The fourth-order valence-electron chi connectivity index (χ4n) is 2.72. The van der Waals surface area contributed by atoms with Crippen molar-refractivity contribution < 1.29 is 8.42 Å². The minimum atomic E-state index is -3.03. The number of sulfonamides is 1. The number of nitrogens with zero attached hydrogens (tertiary/aromatic N) is 2. The van der Waals surface area contributed by atoms with E-state index in [0.717, 1.165) is 38.5 Å². The van der Waals surface area contributed by atoms with Gasteiger partial charge in [-0.25, -0.2) is 8.42 Å². The maximum absolute atomic E-state index is 12.3. The zero-order valence-electron chi connectivity index (χ0n) is 12.8. The Morgan fingerprint density at radius 2 is 1.75 bits per heavy atom. The molecule has 0 amide bonds. The molecule has 1 heterocycles. The second-order valence-electron chi connectivity index (χ2n) is 6.30. The smallest absolute Gasteiger partial charge is 0.214 e. The predicted molar refractivity (Wildman–Crippen MR) is 82.3 cm³/mol. The van der Waals surface area contributed by atoms with Crippen LogP contribution in [0.2, 0.25) is 0 Å². The number of hydrogen-bond donors (Lipinski definition) is 1. The average molecular weight is 303 g/mol. The second kappa shape index (κ2) is 7.20. The normalized spacial score (nSPS) is 22.6. The Labute approximate surface area is 123 Å². The van der Waals surface area contributed by atoms with Crippen molar-refractivity contribution in [2.75, 3.05) is 38.5 Å². The molecule has 0 aromatic rings. The quantitative estimate of drug-likeness (QED) is 0.676. The van der Waals surface area contributed by atoms with Gasteiger partial charge in [-0.15, -0.1) is 0 Å². The maximum Gasteiger partial charge on any atom is 0.214 e. The lowest BCUT2D eigenvalue weighted by atomic mass is 10.3. The monoisotopic (exact) mass is 303 g/mol. The molecule has 0 spiro atoms. The largest absolute Gasteiger partial charge is 0.315 e. The highest BCUT2D eigenvalue weighted by atomic mass is 32.2. The van der Waals surface area contributed by atoms with Crippen LogP contribution >= 0.6 is 0 Å². The average Bonchev–Trinajstić information content (AvgIpc) is 3.22. The van der Waals surface area contributed by atoms with Crippen LogP contribution in [0.1, 0.15) is 39.5 Å². The van der Waals surface area contributed by atoms with Gasteiger partial charge in [0.1, 0.15) is 0 Å². The summed E-state index contributed by atoms with van der Waals surface area (Å²) < 4.78 is 26.2. The van der Waals surface area contributed by atoms with E-state index >= 15 is 0 Å². The van der Waals surface area contributed by atoms with E-state index < -0.39 is 10.0 Å². The molecule has 2 rings (SSSR count). The van der Waals surface area contributed by atoms with Crippen molar-refractivity contribution in [2.45, 2.75) is 51.6 Å². The van der Waals surface area contributed by atoms with E-state index in [-0.39, 0.29) is 0 Å². The molecule has 0 aromatic heterocycles. The molecule has 1 saturated heterocycles. The molecular weight excluding hydrogens is 274 g/mol. The Bertz CT molecular complexity index is 385. The van der Waals surface area contributed by atoms with Crippen molar-refractivity contribution in [3.63, 3.8) is 0 Å². The van der Waals surface area contributed by atoms with Crippen molar-refractivity contribution in [3.05, 3.63) is 0 Å². The van der Waals surface area contributed by atoms with E-state index in [1.54, 1.807) is 4.31 Å². The minimum absolute atomic E-state index is 0.302. The molecule has 0 unspecified atom stereocenters. The number of piperazine rings is 1. The van der Waals surface area contributed by atoms with Crippen molar-refractivity contribution >= 4 is 10.0 Å². The van der Waals surface area contributed by atoms with Crippen LogP contribution in [0.4, 0.5) is 0 Å². The highest BCUT2D eigenvalue weighted by Gasteiger charge is 2.33. The Balaban J connectivity index is 1.65. The van der Waals surface area contributed by atoms with Gasteiger partial charge in [0.15, 0.2) is 0 Å². The van der Waals surface area contributed by atoms with Crippen molar-refractivity contribution in [3.8, 4) is 0 Å². The van der Waals surface area contributed by atoms with Gasteiger partial charge in [-0.3, -0.25) is 4.90 Å². The Hall–Kier alpha value is -0.170. The van der Waals surface area contributed by atoms with Gasteiger partial charge in [0.25, 0.3) is 0 Å². The number of nitrogens with one attached hydrogen (secondary N) is 1. The first kappa shape index (κ1) is 16.2. The van der Waals surface area contributed by atoms with Gasteiger partial charge < -0.3 is 5.32 Å². The van der Waals surface area contributed by atoms with Gasteiger partial charge in [-0.2, -0.15) is 4.31 Å². The van der Waals surface area contributed by atoms with Crippen LogP contribution in [0, 0.1) is 0 Å². The maximum atomic E-state index is 12.3. The third-order valence-corrected chi connectivity index (χ3v) is 6.07. The van der Waals surface area contributed by atoms with Crippen molar-refractivity contribution in [1.82, 2.24) is 14.5 Å². The topological polar surface area (TPSA) is 52.7 Å². The van der Waals surface area contributed by atoms with Crippen LogP contribution in [0.3, 0.4) is 0 Å². The van der Waals surface area contributed by atoms with Gasteiger partial charge in [-0.1, -0.05) is 13.8 Å². The molecule has 6 heteroatoms. The summed E-state index contributed by atoms with van der Waals surface area (Å²) in [5.41, 5.74) is 0. The lowest BCUT2D eigenvalue weighted by molar-refractivity contribution is 0.180. The summed E-state index contributed by atoms with van der Waals surface area (Å²) >= 11 is 0.